The van der Waals surface area contributed by atoms with E-state index in [1.165, 1.54) is 0 Å². The molecule has 2 heterocycles. The van der Waals surface area contributed by atoms with Gasteiger partial charge in [0.15, 0.2) is 0 Å². The Morgan fingerprint density at radius 2 is 1.93 bits per heavy atom. The molecule has 0 spiro atoms. The van der Waals surface area contributed by atoms with Crippen molar-refractivity contribution in [3.05, 3.63) is 53.1 Å². The van der Waals surface area contributed by atoms with Gasteiger partial charge in [-0.05, 0) is 55.0 Å². The number of H-pyrrole nitrogens is 1. The molecule has 2 aliphatic rings. The molecule has 7 nitrogen and oxygen atoms in total. The van der Waals surface area contributed by atoms with Crippen molar-refractivity contribution in [1.82, 2.24) is 20.3 Å². The van der Waals surface area contributed by atoms with Crippen LogP contribution in [0.2, 0.25) is 5.02 Å². The van der Waals surface area contributed by atoms with E-state index < -0.39 is 6.10 Å². The summed E-state index contributed by atoms with van der Waals surface area (Å²) in [6.07, 6.45) is 0.456. The molecule has 0 bridgehead atoms. The van der Waals surface area contributed by atoms with Gasteiger partial charge in [0.25, 0.3) is 5.91 Å². The Morgan fingerprint density at radius 1 is 1.14 bits per heavy atom. The number of aromatic amines is 1. The molecule has 2 N–H and O–H groups in total. The van der Waals surface area contributed by atoms with Gasteiger partial charge in [-0.2, -0.15) is 15.4 Å². The number of amides is 1. The first-order valence-electron chi connectivity index (χ1n) is 9.77. The predicted molar refractivity (Wildman–Crippen MR) is 108 cm³/mol. The van der Waals surface area contributed by atoms with Crippen molar-refractivity contribution in [3.8, 4) is 5.75 Å². The number of rotatable bonds is 3. The molecular weight excluding hydrogens is 392 g/mol. The van der Waals surface area contributed by atoms with Gasteiger partial charge in [-0.15, -0.1) is 0 Å². The number of aliphatic hydroxyl groups excluding tert-OH is 1. The van der Waals surface area contributed by atoms with Crippen molar-refractivity contribution in [2.24, 2.45) is 11.8 Å². The lowest BCUT2D eigenvalue weighted by atomic mass is 9.78. The smallest absolute Gasteiger partial charge is 0.256 e. The molecule has 1 saturated carbocycles. The van der Waals surface area contributed by atoms with Crippen LogP contribution in [-0.4, -0.2) is 56.6 Å². The molecule has 0 unspecified atom stereocenters. The zero-order valence-corrected chi connectivity index (χ0v) is 16.4. The molecule has 1 amide bonds. The lowest BCUT2D eigenvalue weighted by Gasteiger charge is -2.35. The van der Waals surface area contributed by atoms with Crippen LogP contribution >= 0.6 is 11.6 Å². The summed E-state index contributed by atoms with van der Waals surface area (Å²) in [5, 5.41) is 22.0. The van der Waals surface area contributed by atoms with E-state index in [0.29, 0.717) is 59.2 Å². The molecule has 1 aliphatic heterocycles. The first kappa shape index (κ1) is 18.4. The number of nitrogens with zero attached hydrogens (tertiary/aromatic N) is 3. The van der Waals surface area contributed by atoms with Gasteiger partial charge in [0.2, 0.25) is 0 Å². The highest BCUT2D eigenvalue weighted by atomic mass is 35.5. The molecule has 0 radical (unpaired) electrons. The molecule has 2 aromatic carbocycles. The van der Waals surface area contributed by atoms with Crippen LogP contribution < -0.4 is 4.74 Å². The zero-order valence-electron chi connectivity index (χ0n) is 15.7. The highest BCUT2D eigenvalue weighted by Crippen LogP contribution is 2.39. The van der Waals surface area contributed by atoms with Gasteiger partial charge in [0.05, 0.1) is 11.7 Å². The van der Waals surface area contributed by atoms with Crippen LogP contribution in [0.4, 0.5) is 0 Å². The summed E-state index contributed by atoms with van der Waals surface area (Å²) < 4.78 is 6.02. The van der Waals surface area contributed by atoms with Crippen LogP contribution in [0.3, 0.4) is 0 Å². The van der Waals surface area contributed by atoms with Crippen molar-refractivity contribution in [2.75, 3.05) is 13.1 Å². The fourth-order valence-electron chi connectivity index (χ4n) is 4.61. The quantitative estimate of drug-likeness (QED) is 0.690. The van der Waals surface area contributed by atoms with E-state index >= 15 is 0 Å². The molecule has 4 atom stereocenters. The molecule has 3 aromatic rings. The Labute approximate surface area is 172 Å². The van der Waals surface area contributed by atoms with E-state index in [1.807, 2.05) is 29.2 Å². The standard InChI is InChI=1S/C21H21ClN4O3/c22-14-3-1-4-15(9-14)29-19-8-13-11-26(10-12(13)7-18(19)27)21(28)16-5-2-6-17-20(16)24-25-23-17/h1-6,9,12-13,18-19,27H,7-8,10-11H2,(H,23,24,25)/t12-,13+,18+,19+/m0/s1. The van der Waals surface area contributed by atoms with Crippen LogP contribution in [0.1, 0.15) is 23.2 Å². The van der Waals surface area contributed by atoms with Crippen LogP contribution in [0, 0.1) is 11.8 Å². The number of aliphatic hydroxyl groups is 1. The first-order valence-corrected chi connectivity index (χ1v) is 10.2. The number of carbonyl (C=O) groups is 1. The van der Waals surface area contributed by atoms with Gasteiger partial charge in [0, 0.05) is 18.1 Å². The van der Waals surface area contributed by atoms with Crippen molar-refractivity contribution in [2.45, 2.75) is 25.0 Å². The second-order valence-electron chi connectivity index (χ2n) is 7.88. The number of benzene rings is 2. The molecular formula is C21H21ClN4O3. The van der Waals surface area contributed by atoms with Gasteiger partial charge in [-0.25, -0.2) is 0 Å². The molecule has 5 rings (SSSR count). The molecule has 1 aromatic heterocycles. The minimum atomic E-state index is -0.566. The number of nitrogens with one attached hydrogen (secondary N) is 1. The number of fused-ring (bicyclic) bond motifs is 2. The third-order valence-electron chi connectivity index (χ3n) is 6.03. The highest BCUT2D eigenvalue weighted by molar-refractivity contribution is 6.30. The summed E-state index contributed by atoms with van der Waals surface area (Å²) in [4.78, 5) is 15.0. The van der Waals surface area contributed by atoms with Crippen LogP contribution in [0.5, 0.6) is 5.75 Å². The van der Waals surface area contributed by atoms with E-state index in [1.54, 1.807) is 18.2 Å². The molecule has 150 valence electrons. The van der Waals surface area contributed by atoms with Crippen molar-refractivity contribution in [1.29, 1.82) is 0 Å². The molecule has 2 fully saturated rings. The van der Waals surface area contributed by atoms with Gasteiger partial charge < -0.3 is 14.7 Å². The third-order valence-corrected chi connectivity index (χ3v) is 6.27. The lowest BCUT2D eigenvalue weighted by Crippen LogP contribution is -2.42. The van der Waals surface area contributed by atoms with E-state index in [-0.39, 0.29) is 17.9 Å². The summed E-state index contributed by atoms with van der Waals surface area (Å²) in [6.45, 7) is 1.29. The Morgan fingerprint density at radius 3 is 2.76 bits per heavy atom. The fourth-order valence-corrected chi connectivity index (χ4v) is 4.79. The maximum Gasteiger partial charge on any atom is 0.256 e. The first-order chi connectivity index (χ1) is 14.1. The average Bonchev–Trinajstić information content (AvgIpc) is 3.34. The molecule has 1 saturated heterocycles. The van der Waals surface area contributed by atoms with E-state index in [9.17, 15) is 9.90 Å². The lowest BCUT2D eigenvalue weighted by molar-refractivity contribution is -0.0231. The minimum Gasteiger partial charge on any atom is -0.488 e. The Bertz CT molecular complexity index is 1060. The third kappa shape index (κ3) is 3.45. The van der Waals surface area contributed by atoms with Gasteiger partial charge in [-0.1, -0.05) is 23.7 Å². The number of ether oxygens (including phenoxy) is 1. The Hall–Kier alpha value is -2.64. The number of hydrogen-bond donors (Lipinski definition) is 2. The summed E-state index contributed by atoms with van der Waals surface area (Å²) >= 11 is 6.04. The summed E-state index contributed by atoms with van der Waals surface area (Å²) in [7, 11) is 0. The van der Waals surface area contributed by atoms with Crippen LogP contribution in [0.15, 0.2) is 42.5 Å². The largest absolute Gasteiger partial charge is 0.488 e. The monoisotopic (exact) mass is 412 g/mol. The van der Waals surface area contributed by atoms with E-state index in [2.05, 4.69) is 15.4 Å². The number of para-hydroxylation sites is 1. The normalized spacial score (nSPS) is 26.5. The maximum atomic E-state index is 13.1. The number of halogens is 1. The fraction of sp³-hybridized carbons (Fsp3) is 0.381. The number of aromatic nitrogens is 3. The van der Waals surface area contributed by atoms with E-state index in [0.717, 1.165) is 0 Å². The molecule has 29 heavy (non-hydrogen) atoms. The highest BCUT2D eigenvalue weighted by Gasteiger charge is 2.44. The topological polar surface area (TPSA) is 91.3 Å². The number of carbonyl (C=O) groups excluding carboxylic acids is 1. The SMILES string of the molecule is O=C(c1cccc2n[nH]nc12)N1C[C@H]2C[C@@H](Oc3cccc(Cl)c3)[C@H](O)C[C@H]2C1. The van der Waals surface area contributed by atoms with Crippen LogP contribution in [0.25, 0.3) is 11.0 Å². The van der Waals surface area contributed by atoms with Crippen molar-refractivity contribution < 1.29 is 14.6 Å². The Kier molecular flexibility index (Phi) is 4.64. The van der Waals surface area contributed by atoms with Crippen molar-refractivity contribution in [3.63, 3.8) is 0 Å². The van der Waals surface area contributed by atoms with Crippen LogP contribution in [-0.2, 0) is 0 Å². The minimum absolute atomic E-state index is 0.0410. The van der Waals surface area contributed by atoms with Gasteiger partial charge in [-0.3, -0.25) is 4.79 Å². The second-order valence-corrected chi connectivity index (χ2v) is 8.32. The number of hydrogen-bond acceptors (Lipinski definition) is 5. The Balaban J connectivity index is 1.30. The summed E-state index contributed by atoms with van der Waals surface area (Å²) in [5.74, 6) is 1.18. The molecule has 1 aliphatic carbocycles. The second kappa shape index (κ2) is 7.31. The summed E-state index contributed by atoms with van der Waals surface area (Å²) in [6, 6.07) is 12.6. The van der Waals surface area contributed by atoms with Gasteiger partial charge >= 0.3 is 0 Å². The maximum absolute atomic E-state index is 13.1. The zero-order chi connectivity index (χ0) is 20.0. The van der Waals surface area contributed by atoms with Crippen molar-refractivity contribution >= 4 is 28.5 Å². The van der Waals surface area contributed by atoms with Gasteiger partial charge in [0.1, 0.15) is 22.9 Å². The summed E-state index contributed by atoms with van der Waals surface area (Å²) in [5.41, 5.74) is 1.83. The predicted octanol–water partition coefficient (Wildman–Crippen LogP) is 2.90. The molecule has 8 heteroatoms. The van der Waals surface area contributed by atoms with E-state index in [4.69, 9.17) is 16.3 Å². The average molecular weight is 413 g/mol. The number of likely N-dealkylation sites (tertiary alicyclic amines) is 1.